The quantitative estimate of drug-likeness (QED) is 0.932. The van der Waals surface area contributed by atoms with E-state index in [9.17, 15) is 4.79 Å². The van der Waals surface area contributed by atoms with Crippen LogP contribution in [0, 0.1) is 0 Å². The molecule has 1 heterocycles. The smallest absolute Gasteiger partial charge is 0.410 e. The summed E-state index contributed by atoms with van der Waals surface area (Å²) in [6, 6.07) is 10.6. The number of ether oxygens (including phenoxy) is 1. The lowest BCUT2D eigenvalue weighted by Crippen LogP contribution is -2.47. The minimum absolute atomic E-state index is 0.0918. The largest absolute Gasteiger partial charge is 0.444 e. The Morgan fingerprint density at radius 2 is 1.82 bits per heavy atom. The minimum atomic E-state index is -0.442. The van der Waals surface area contributed by atoms with E-state index in [0.29, 0.717) is 6.54 Å². The van der Waals surface area contributed by atoms with Crippen LogP contribution in [0.3, 0.4) is 0 Å². The first-order valence-electron chi connectivity index (χ1n) is 8.10. The van der Waals surface area contributed by atoms with Crippen molar-refractivity contribution in [3.63, 3.8) is 0 Å². The van der Waals surface area contributed by atoms with Gasteiger partial charge in [0.05, 0.1) is 0 Å². The summed E-state index contributed by atoms with van der Waals surface area (Å²) in [5.41, 5.74) is 6.84. The second-order valence-electron chi connectivity index (χ2n) is 7.15. The number of hydrogen-bond acceptors (Lipinski definition) is 3. The summed E-state index contributed by atoms with van der Waals surface area (Å²) < 4.78 is 5.47. The van der Waals surface area contributed by atoms with Gasteiger partial charge in [-0.15, -0.1) is 0 Å². The first kappa shape index (κ1) is 16.8. The van der Waals surface area contributed by atoms with E-state index in [1.807, 2.05) is 31.7 Å². The maximum absolute atomic E-state index is 12.2. The maximum atomic E-state index is 12.2. The molecule has 0 atom stereocenters. The van der Waals surface area contributed by atoms with E-state index in [-0.39, 0.29) is 11.5 Å². The van der Waals surface area contributed by atoms with E-state index >= 15 is 0 Å². The number of piperidine rings is 1. The van der Waals surface area contributed by atoms with Gasteiger partial charge in [-0.3, -0.25) is 0 Å². The van der Waals surface area contributed by atoms with Crippen LogP contribution in [0.15, 0.2) is 30.3 Å². The normalized spacial score (nSPS) is 18.1. The topological polar surface area (TPSA) is 55.6 Å². The summed E-state index contributed by atoms with van der Waals surface area (Å²) in [6.45, 7) is 7.82. The summed E-state index contributed by atoms with van der Waals surface area (Å²) in [5.74, 6) is 0. The van der Waals surface area contributed by atoms with Crippen LogP contribution in [-0.2, 0) is 10.2 Å². The first-order valence-corrected chi connectivity index (χ1v) is 8.10. The van der Waals surface area contributed by atoms with E-state index in [1.54, 1.807) is 0 Å². The average Bonchev–Trinajstić information content (AvgIpc) is 2.47. The van der Waals surface area contributed by atoms with E-state index in [4.69, 9.17) is 10.5 Å². The molecule has 0 unspecified atom stereocenters. The Hall–Kier alpha value is -1.55. The molecular weight excluding hydrogens is 276 g/mol. The number of hydrogen-bond donors (Lipinski definition) is 1. The number of carbonyl (C=O) groups excluding carboxylic acids is 1. The molecule has 4 heteroatoms. The molecule has 1 amide bonds. The van der Waals surface area contributed by atoms with Crippen LogP contribution in [0.25, 0.3) is 0 Å². The van der Waals surface area contributed by atoms with Crippen molar-refractivity contribution in [1.29, 1.82) is 0 Å². The monoisotopic (exact) mass is 304 g/mol. The highest BCUT2D eigenvalue weighted by Crippen LogP contribution is 2.38. The number of carbonyl (C=O) groups is 1. The summed E-state index contributed by atoms with van der Waals surface area (Å²) in [5, 5.41) is 0. The lowest BCUT2D eigenvalue weighted by Gasteiger charge is -2.42. The van der Waals surface area contributed by atoms with Gasteiger partial charge < -0.3 is 15.4 Å². The van der Waals surface area contributed by atoms with Crippen molar-refractivity contribution in [2.24, 2.45) is 5.73 Å². The van der Waals surface area contributed by atoms with E-state index < -0.39 is 5.60 Å². The van der Waals surface area contributed by atoms with Gasteiger partial charge in [0.1, 0.15) is 5.60 Å². The highest BCUT2D eigenvalue weighted by atomic mass is 16.6. The molecule has 0 aliphatic carbocycles. The van der Waals surface area contributed by atoms with Crippen LogP contribution in [-0.4, -0.2) is 36.2 Å². The zero-order valence-corrected chi connectivity index (χ0v) is 14.0. The molecule has 0 aromatic heterocycles. The molecule has 1 aromatic carbocycles. The molecule has 2 N–H and O–H groups in total. The van der Waals surface area contributed by atoms with Gasteiger partial charge in [0.15, 0.2) is 0 Å². The molecule has 22 heavy (non-hydrogen) atoms. The summed E-state index contributed by atoms with van der Waals surface area (Å²) in [6.07, 6.45) is 2.63. The summed E-state index contributed by atoms with van der Waals surface area (Å²) >= 11 is 0. The molecule has 1 aliphatic rings. The highest BCUT2D eigenvalue weighted by molar-refractivity contribution is 5.68. The Morgan fingerprint density at radius 1 is 1.23 bits per heavy atom. The number of rotatable bonds is 3. The third-order valence-electron chi connectivity index (χ3n) is 4.38. The molecule has 1 aromatic rings. The van der Waals surface area contributed by atoms with Gasteiger partial charge in [-0.25, -0.2) is 4.79 Å². The zero-order valence-electron chi connectivity index (χ0n) is 14.0. The van der Waals surface area contributed by atoms with Crippen molar-refractivity contribution in [2.75, 3.05) is 19.6 Å². The molecule has 122 valence electrons. The van der Waals surface area contributed by atoms with Crippen LogP contribution >= 0.6 is 0 Å². The second kappa shape index (κ2) is 6.69. The Balaban J connectivity index is 2.06. The summed E-state index contributed by atoms with van der Waals surface area (Å²) in [4.78, 5) is 14.0. The predicted molar refractivity (Wildman–Crippen MR) is 88.8 cm³/mol. The number of benzene rings is 1. The second-order valence-corrected chi connectivity index (χ2v) is 7.15. The van der Waals surface area contributed by atoms with Crippen molar-refractivity contribution in [3.05, 3.63) is 35.9 Å². The molecule has 4 nitrogen and oxygen atoms in total. The van der Waals surface area contributed by atoms with Gasteiger partial charge in [-0.2, -0.15) is 0 Å². The van der Waals surface area contributed by atoms with Gasteiger partial charge >= 0.3 is 6.09 Å². The van der Waals surface area contributed by atoms with Crippen LogP contribution in [0.2, 0.25) is 0 Å². The maximum Gasteiger partial charge on any atom is 0.410 e. The van der Waals surface area contributed by atoms with Crippen molar-refractivity contribution in [1.82, 2.24) is 4.90 Å². The Kier molecular flexibility index (Phi) is 5.12. The van der Waals surface area contributed by atoms with Crippen LogP contribution in [0.4, 0.5) is 4.79 Å². The predicted octanol–water partition coefficient (Wildman–Crippen LogP) is 3.30. The molecule has 1 saturated heterocycles. The molecule has 1 aliphatic heterocycles. The van der Waals surface area contributed by atoms with Crippen LogP contribution in [0.5, 0.6) is 0 Å². The highest BCUT2D eigenvalue weighted by Gasteiger charge is 2.37. The van der Waals surface area contributed by atoms with Gasteiger partial charge in [-0.05, 0) is 57.6 Å². The lowest BCUT2D eigenvalue weighted by atomic mass is 9.70. The molecule has 0 bridgehead atoms. The SMILES string of the molecule is CC(C)(C)OC(=O)N1CCC(CCN)(c2ccccc2)CC1. The van der Waals surface area contributed by atoms with Crippen molar-refractivity contribution in [3.8, 4) is 0 Å². The Labute approximate surface area is 133 Å². The molecular formula is C18H28N2O2. The van der Waals surface area contributed by atoms with Crippen molar-refractivity contribution < 1.29 is 9.53 Å². The van der Waals surface area contributed by atoms with Gasteiger partial charge in [0, 0.05) is 13.1 Å². The number of likely N-dealkylation sites (tertiary alicyclic amines) is 1. The fraction of sp³-hybridized carbons (Fsp3) is 0.611. The zero-order chi connectivity index (χ0) is 16.2. The molecule has 0 radical (unpaired) electrons. The first-order chi connectivity index (χ1) is 10.4. The molecule has 2 rings (SSSR count). The summed E-state index contributed by atoms with van der Waals surface area (Å²) in [7, 11) is 0. The fourth-order valence-corrected chi connectivity index (χ4v) is 3.19. The molecule has 0 saturated carbocycles. The number of nitrogens with two attached hydrogens (primary N) is 1. The molecule has 1 fully saturated rings. The van der Waals surface area contributed by atoms with Crippen LogP contribution < -0.4 is 5.73 Å². The average molecular weight is 304 g/mol. The van der Waals surface area contributed by atoms with E-state index in [1.165, 1.54) is 5.56 Å². The molecule has 0 spiro atoms. The van der Waals surface area contributed by atoms with E-state index in [0.717, 1.165) is 32.4 Å². The Morgan fingerprint density at radius 3 is 2.32 bits per heavy atom. The van der Waals surface area contributed by atoms with Crippen molar-refractivity contribution in [2.45, 2.75) is 51.0 Å². The third-order valence-corrected chi connectivity index (χ3v) is 4.38. The van der Waals surface area contributed by atoms with Gasteiger partial charge in [-0.1, -0.05) is 30.3 Å². The van der Waals surface area contributed by atoms with E-state index in [2.05, 4.69) is 24.3 Å². The van der Waals surface area contributed by atoms with Gasteiger partial charge in [0.25, 0.3) is 0 Å². The van der Waals surface area contributed by atoms with Gasteiger partial charge in [0.2, 0.25) is 0 Å². The van der Waals surface area contributed by atoms with Crippen molar-refractivity contribution >= 4 is 6.09 Å². The number of amides is 1. The minimum Gasteiger partial charge on any atom is -0.444 e. The fourth-order valence-electron chi connectivity index (χ4n) is 3.19. The number of nitrogens with zero attached hydrogens (tertiary/aromatic N) is 1. The Bertz CT molecular complexity index is 486. The standard InChI is InChI=1S/C18H28N2O2/c1-17(2,3)22-16(21)20-13-10-18(9-12-19,11-14-20)15-7-5-4-6-8-15/h4-8H,9-14,19H2,1-3H3. The van der Waals surface area contributed by atoms with Crippen LogP contribution in [0.1, 0.15) is 45.6 Å². The lowest BCUT2D eigenvalue weighted by molar-refractivity contribution is 0.0160. The third kappa shape index (κ3) is 4.01.